The van der Waals surface area contributed by atoms with Gasteiger partial charge in [-0.25, -0.2) is 8.42 Å². The van der Waals surface area contributed by atoms with Gasteiger partial charge in [0.25, 0.3) is 0 Å². The standard InChI is InChI=1S/C12H14Br2ClNO2S/c13-6-7-16(10-2-1-3-10)19(17,18)12-5-4-9(14)8-11(12)15/h4-5,8,10H,1-3,6-7H2. The maximum Gasteiger partial charge on any atom is 0.244 e. The zero-order valence-electron chi connectivity index (χ0n) is 10.2. The van der Waals surface area contributed by atoms with E-state index < -0.39 is 10.0 Å². The smallest absolute Gasteiger partial charge is 0.207 e. The number of alkyl halides is 1. The SMILES string of the molecule is O=S(=O)(c1ccc(Br)cc1Cl)N(CCBr)C1CCC1. The molecule has 0 aliphatic heterocycles. The molecule has 2 rings (SSSR count). The molecule has 7 heteroatoms. The Bertz CT molecular complexity index is 561. The molecule has 0 heterocycles. The predicted molar refractivity (Wildman–Crippen MR) is 84.5 cm³/mol. The molecule has 0 saturated heterocycles. The van der Waals surface area contributed by atoms with Gasteiger partial charge in [0, 0.05) is 22.4 Å². The van der Waals surface area contributed by atoms with Gasteiger partial charge in [0.1, 0.15) is 4.90 Å². The molecule has 0 spiro atoms. The van der Waals surface area contributed by atoms with E-state index in [1.807, 2.05) is 0 Å². The molecule has 0 radical (unpaired) electrons. The number of hydrogen-bond donors (Lipinski definition) is 0. The van der Waals surface area contributed by atoms with Crippen molar-refractivity contribution >= 4 is 53.5 Å². The van der Waals surface area contributed by atoms with Gasteiger partial charge in [0.2, 0.25) is 10.0 Å². The maximum absolute atomic E-state index is 12.7. The van der Waals surface area contributed by atoms with Crippen molar-refractivity contribution in [3.63, 3.8) is 0 Å². The number of nitrogens with zero attached hydrogens (tertiary/aromatic N) is 1. The molecular formula is C12H14Br2ClNO2S. The van der Waals surface area contributed by atoms with Gasteiger partial charge in [-0.05, 0) is 31.0 Å². The largest absolute Gasteiger partial charge is 0.244 e. The van der Waals surface area contributed by atoms with Gasteiger partial charge in [-0.3, -0.25) is 0 Å². The van der Waals surface area contributed by atoms with Gasteiger partial charge >= 0.3 is 0 Å². The molecule has 0 N–H and O–H groups in total. The second-order valence-electron chi connectivity index (χ2n) is 4.46. The molecular weight excluding hydrogens is 417 g/mol. The fourth-order valence-corrected chi connectivity index (χ4v) is 5.38. The zero-order chi connectivity index (χ0) is 14.0. The first-order chi connectivity index (χ1) is 8.96. The first-order valence-corrected chi connectivity index (χ1v) is 9.73. The number of halogens is 3. The normalized spacial score (nSPS) is 16.6. The van der Waals surface area contributed by atoms with Crippen LogP contribution in [-0.2, 0) is 10.0 Å². The minimum Gasteiger partial charge on any atom is -0.207 e. The fraction of sp³-hybridized carbons (Fsp3) is 0.500. The lowest BCUT2D eigenvalue weighted by atomic mass is 9.93. The first kappa shape index (κ1) is 15.8. The lowest BCUT2D eigenvalue weighted by Gasteiger charge is -2.36. The van der Waals surface area contributed by atoms with E-state index in [1.165, 1.54) is 0 Å². The van der Waals surface area contributed by atoms with Gasteiger partial charge in [0.05, 0.1) is 5.02 Å². The molecule has 1 aliphatic carbocycles. The second-order valence-corrected chi connectivity index (χ2v) is 8.44. The van der Waals surface area contributed by atoms with Crippen molar-refractivity contribution in [2.75, 3.05) is 11.9 Å². The monoisotopic (exact) mass is 429 g/mol. The van der Waals surface area contributed by atoms with E-state index in [9.17, 15) is 8.42 Å². The van der Waals surface area contributed by atoms with Crippen LogP contribution in [0.2, 0.25) is 5.02 Å². The number of hydrogen-bond acceptors (Lipinski definition) is 2. The molecule has 1 fully saturated rings. The van der Waals surface area contributed by atoms with Crippen molar-refractivity contribution in [2.24, 2.45) is 0 Å². The highest BCUT2D eigenvalue weighted by molar-refractivity contribution is 9.10. The molecule has 19 heavy (non-hydrogen) atoms. The fourth-order valence-electron chi connectivity index (χ4n) is 2.07. The number of sulfonamides is 1. The van der Waals surface area contributed by atoms with E-state index >= 15 is 0 Å². The summed E-state index contributed by atoms with van der Waals surface area (Å²) in [5.74, 6) is 0. The maximum atomic E-state index is 12.7. The molecule has 1 aromatic rings. The Morgan fingerprint density at radius 1 is 1.37 bits per heavy atom. The van der Waals surface area contributed by atoms with Crippen LogP contribution in [0.25, 0.3) is 0 Å². The van der Waals surface area contributed by atoms with Crippen LogP contribution in [0.1, 0.15) is 19.3 Å². The van der Waals surface area contributed by atoms with Gasteiger partial charge in [-0.1, -0.05) is 49.9 Å². The molecule has 0 aromatic heterocycles. The average Bonchev–Trinajstić information content (AvgIpc) is 2.25. The third kappa shape index (κ3) is 3.35. The van der Waals surface area contributed by atoms with E-state index in [-0.39, 0.29) is 16.0 Å². The minimum absolute atomic E-state index is 0.113. The van der Waals surface area contributed by atoms with Gasteiger partial charge in [-0.2, -0.15) is 4.31 Å². The lowest BCUT2D eigenvalue weighted by molar-refractivity contribution is 0.228. The summed E-state index contributed by atoms with van der Waals surface area (Å²) < 4.78 is 27.7. The van der Waals surface area contributed by atoms with E-state index in [0.29, 0.717) is 11.9 Å². The molecule has 1 saturated carbocycles. The van der Waals surface area contributed by atoms with E-state index in [1.54, 1.807) is 22.5 Å². The summed E-state index contributed by atoms with van der Waals surface area (Å²) in [6, 6.07) is 4.98. The molecule has 1 aliphatic rings. The summed E-state index contributed by atoms with van der Waals surface area (Å²) in [6.45, 7) is 0.472. The highest BCUT2D eigenvalue weighted by atomic mass is 79.9. The lowest BCUT2D eigenvalue weighted by Crippen LogP contribution is -2.45. The highest BCUT2D eigenvalue weighted by Crippen LogP contribution is 2.33. The Morgan fingerprint density at radius 2 is 2.05 bits per heavy atom. The van der Waals surface area contributed by atoms with Crippen molar-refractivity contribution in [3.8, 4) is 0 Å². The topological polar surface area (TPSA) is 37.4 Å². The molecule has 0 bridgehead atoms. The van der Waals surface area contributed by atoms with Crippen LogP contribution in [0.5, 0.6) is 0 Å². The Balaban J connectivity index is 2.38. The first-order valence-electron chi connectivity index (χ1n) is 5.99. The van der Waals surface area contributed by atoms with Gasteiger partial charge in [-0.15, -0.1) is 0 Å². The molecule has 1 aromatic carbocycles. The van der Waals surface area contributed by atoms with Crippen molar-refractivity contribution in [2.45, 2.75) is 30.2 Å². The van der Waals surface area contributed by atoms with E-state index in [2.05, 4.69) is 31.9 Å². The third-order valence-corrected chi connectivity index (χ3v) is 6.55. The molecule has 0 unspecified atom stereocenters. The van der Waals surface area contributed by atoms with Gasteiger partial charge < -0.3 is 0 Å². The molecule has 3 nitrogen and oxygen atoms in total. The quantitative estimate of drug-likeness (QED) is 0.660. The van der Waals surface area contributed by atoms with E-state index in [0.717, 1.165) is 23.7 Å². The summed E-state index contributed by atoms with van der Waals surface area (Å²) in [5.41, 5.74) is 0. The van der Waals surface area contributed by atoms with Crippen LogP contribution < -0.4 is 0 Å². The Hall–Kier alpha value is 0.380. The van der Waals surface area contributed by atoms with Crippen molar-refractivity contribution in [3.05, 3.63) is 27.7 Å². The van der Waals surface area contributed by atoms with E-state index in [4.69, 9.17) is 11.6 Å². The third-order valence-electron chi connectivity index (χ3n) is 3.27. The second kappa shape index (κ2) is 6.43. The van der Waals surface area contributed by atoms with Crippen molar-refractivity contribution < 1.29 is 8.42 Å². The van der Waals surface area contributed by atoms with Gasteiger partial charge in [0.15, 0.2) is 0 Å². The Kier molecular flexibility index (Phi) is 5.34. The van der Waals surface area contributed by atoms with Crippen molar-refractivity contribution in [1.29, 1.82) is 0 Å². The Labute approximate surface area is 135 Å². The summed E-state index contributed by atoms with van der Waals surface area (Å²) in [4.78, 5) is 0.185. The van der Waals surface area contributed by atoms with Crippen LogP contribution in [0.15, 0.2) is 27.6 Å². The van der Waals surface area contributed by atoms with Crippen LogP contribution >= 0.6 is 43.5 Å². The van der Waals surface area contributed by atoms with Crippen LogP contribution in [0, 0.1) is 0 Å². The van der Waals surface area contributed by atoms with Crippen LogP contribution in [0.4, 0.5) is 0 Å². The summed E-state index contributed by atoms with van der Waals surface area (Å²) in [5, 5.41) is 0.880. The minimum atomic E-state index is -3.52. The summed E-state index contributed by atoms with van der Waals surface area (Å²) in [7, 11) is -3.52. The zero-order valence-corrected chi connectivity index (χ0v) is 14.9. The van der Waals surface area contributed by atoms with Crippen molar-refractivity contribution in [1.82, 2.24) is 4.31 Å². The van der Waals surface area contributed by atoms with Crippen LogP contribution in [0.3, 0.4) is 0 Å². The summed E-state index contributed by atoms with van der Waals surface area (Å²) >= 11 is 12.7. The highest BCUT2D eigenvalue weighted by Gasteiger charge is 2.35. The number of rotatable bonds is 5. The molecule has 106 valence electrons. The molecule has 0 amide bonds. The molecule has 0 atom stereocenters. The summed E-state index contributed by atoms with van der Waals surface area (Å²) in [6.07, 6.45) is 2.95. The average molecular weight is 432 g/mol. The Morgan fingerprint density at radius 3 is 2.53 bits per heavy atom. The van der Waals surface area contributed by atoms with Crippen LogP contribution in [-0.4, -0.2) is 30.6 Å². The number of benzene rings is 1. The predicted octanol–water partition coefficient (Wildman–Crippen LogP) is 4.04.